The normalized spacial score (nSPS) is 35.3. The van der Waals surface area contributed by atoms with Crippen molar-refractivity contribution in [3.05, 3.63) is 58.7 Å². The van der Waals surface area contributed by atoms with Crippen molar-refractivity contribution in [3.63, 3.8) is 0 Å². The van der Waals surface area contributed by atoms with Gasteiger partial charge in [0.05, 0.1) is 0 Å². The first-order valence-electron chi connectivity index (χ1n) is 12.5. The van der Waals surface area contributed by atoms with E-state index in [0.29, 0.717) is 5.57 Å². The van der Waals surface area contributed by atoms with Crippen LogP contribution in [0, 0.1) is 5.41 Å². The van der Waals surface area contributed by atoms with Crippen LogP contribution >= 0.6 is 0 Å². The molecule has 8 nitrogen and oxygen atoms in total. The lowest BCUT2D eigenvalue weighted by molar-refractivity contribution is -0.369. The smallest absolute Gasteiger partial charge is 0.338 e. The number of carbonyl (C=O) groups is 2. The second kappa shape index (κ2) is 11.1. The van der Waals surface area contributed by atoms with E-state index in [4.69, 9.17) is 9.47 Å². The van der Waals surface area contributed by atoms with Crippen LogP contribution in [0.5, 0.6) is 0 Å². The molecule has 2 aliphatic rings. The Balaban J connectivity index is 2.10. The van der Waals surface area contributed by atoms with E-state index in [9.17, 15) is 30.0 Å². The highest BCUT2D eigenvalue weighted by atomic mass is 16.7. The van der Waals surface area contributed by atoms with Crippen LogP contribution in [-0.4, -0.2) is 61.6 Å². The molecule has 8 heteroatoms. The van der Waals surface area contributed by atoms with E-state index in [0.717, 1.165) is 38.8 Å². The molecule has 0 bridgehead atoms. The Kier molecular flexibility index (Phi) is 9.19. The summed E-state index contributed by atoms with van der Waals surface area (Å²) in [6.07, 6.45) is 10.5. The van der Waals surface area contributed by atoms with E-state index in [1.54, 1.807) is 19.1 Å². The Morgan fingerprint density at radius 3 is 2.24 bits per heavy atom. The Bertz CT molecular complexity index is 1050. The standard InChI is InChI=1S/C29H42O8/c1-18(14-15-21-20(3)13-10-16-26(21,4)5)11-9-12-19(2)17-22(30)36-25-27(6,34)23(31)28(7,35)29(8,37-25)24(32)33/h9,11-12,14-15,17,23,25,31,34-35H,10,13,16H2,1-8H3,(H,32,33). The second-order valence-corrected chi connectivity index (χ2v) is 11.4. The first kappa shape index (κ1) is 30.7. The molecule has 0 aromatic rings. The van der Waals surface area contributed by atoms with Gasteiger partial charge in [-0.15, -0.1) is 0 Å². The van der Waals surface area contributed by atoms with E-state index in [-0.39, 0.29) is 5.41 Å². The highest BCUT2D eigenvalue weighted by molar-refractivity contribution is 5.83. The van der Waals surface area contributed by atoms with Crippen LogP contribution in [0.25, 0.3) is 0 Å². The lowest BCUT2D eigenvalue weighted by Gasteiger charge is -2.54. The summed E-state index contributed by atoms with van der Waals surface area (Å²) in [5, 5.41) is 41.3. The monoisotopic (exact) mass is 518 g/mol. The summed E-state index contributed by atoms with van der Waals surface area (Å²) >= 11 is 0. The molecule has 1 fully saturated rings. The van der Waals surface area contributed by atoms with Gasteiger partial charge in [0.25, 0.3) is 0 Å². The molecular formula is C29H42O8. The molecule has 1 heterocycles. The summed E-state index contributed by atoms with van der Waals surface area (Å²) in [4.78, 5) is 24.2. The molecule has 2 rings (SSSR count). The number of hydrogen-bond donors (Lipinski definition) is 4. The number of aliphatic hydroxyl groups is 3. The van der Waals surface area contributed by atoms with Crippen molar-refractivity contribution in [1.29, 1.82) is 0 Å². The molecule has 0 amide bonds. The molecule has 1 aliphatic carbocycles. The molecule has 0 saturated carbocycles. The van der Waals surface area contributed by atoms with Gasteiger partial charge in [-0.25, -0.2) is 9.59 Å². The van der Waals surface area contributed by atoms with E-state index in [2.05, 4.69) is 32.9 Å². The van der Waals surface area contributed by atoms with E-state index in [1.807, 2.05) is 13.0 Å². The number of carboxylic acids is 1. The molecule has 37 heavy (non-hydrogen) atoms. The number of ether oxygens (including phenoxy) is 2. The van der Waals surface area contributed by atoms with Crippen LogP contribution in [-0.2, 0) is 19.1 Å². The molecule has 0 aromatic heterocycles. The zero-order chi connectivity index (χ0) is 28.4. The summed E-state index contributed by atoms with van der Waals surface area (Å²) in [5.41, 5.74) is -2.43. The van der Waals surface area contributed by atoms with Crippen LogP contribution < -0.4 is 0 Å². The quantitative estimate of drug-likeness (QED) is 0.225. The Morgan fingerprint density at radius 1 is 1.05 bits per heavy atom. The maximum atomic E-state index is 12.5. The highest BCUT2D eigenvalue weighted by Gasteiger charge is 2.68. The fraction of sp³-hybridized carbons (Fsp3) is 0.586. The molecule has 0 aromatic carbocycles. The highest BCUT2D eigenvalue weighted by Crippen LogP contribution is 2.43. The minimum atomic E-state index is -2.36. The van der Waals surface area contributed by atoms with Gasteiger partial charge in [-0.2, -0.15) is 0 Å². The number of carbonyl (C=O) groups excluding carboxylic acids is 1. The van der Waals surface area contributed by atoms with Crippen molar-refractivity contribution in [3.8, 4) is 0 Å². The zero-order valence-corrected chi connectivity index (χ0v) is 23.2. The number of hydrogen-bond acceptors (Lipinski definition) is 7. The third-order valence-corrected chi connectivity index (χ3v) is 7.62. The van der Waals surface area contributed by atoms with Crippen molar-refractivity contribution in [2.75, 3.05) is 0 Å². The van der Waals surface area contributed by atoms with Crippen LogP contribution in [0.2, 0.25) is 0 Å². The third-order valence-electron chi connectivity index (χ3n) is 7.62. The van der Waals surface area contributed by atoms with Crippen molar-refractivity contribution in [2.24, 2.45) is 5.41 Å². The molecule has 206 valence electrons. The van der Waals surface area contributed by atoms with Gasteiger partial charge in [-0.05, 0) is 77.4 Å². The lowest BCUT2D eigenvalue weighted by atomic mass is 9.72. The first-order valence-corrected chi connectivity index (χ1v) is 12.5. The Hall–Kier alpha value is -2.52. The predicted molar refractivity (Wildman–Crippen MR) is 140 cm³/mol. The topological polar surface area (TPSA) is 134 Å². The van der Waals surface area contributed by atoms with Crippen molar-refractivity contribution < 1.29 is 39.5 Å². The van der Waals surface area contributed by atoms with Crippen LogP contribution in [0.15, 0.2) is 58.7 Å². The molecule has 5 unspecified atom stereocenters. The average Bonchev–Trinajstić information content (AvgIpc) is 2.75. The molecule has 1 saturated heterocycles. The zero-order valence-electron chi connectivity index (χ0n) is 23.2. The molecule has 4 N–H and O–H groups in total. The summed E-state index contributed by atoms with van der Waals surface area (Å²) in [6, 6.07) is 0. The Morgan fingerprint density at radius 2 is 1.68 bits per heavy atom. The van der Waals surface area contributed by atoms with Gasteiger partial charge in [0.2, 0.25) is 6.29 Å². The summed E-state index contributed by atoms with van der Waals surface area (Å²) in [5.74, 6) is -2.49. The van der Waals surface area contributed by atoms with Gasteiger partial charge >= 0.3 is 11.9 Å². The van der Waals surface area contributed by atoms with Crippen molar-refractivity contribution in [1.82, 2.24) is 0 Å². The number of aliphatic hydroxyl groups excluding tert-OH is 1. The van der Waals surface area contributed by atoms with Crippen molar-refractivity contribution in [2.45, 2.75) is 104 Å². The third kappa shape index (κ3) is 6.49. The maximum absolute atomic E-state index is 12.5. The molecule has 1 aliphatic heterocycles. The van der Waals surface area contributed by atoms with E-state index >= 15 is 0 Å². The predicted octanol–water partition coefficient (Wildman–Crippen LogP) is 4.12. The fourth-order valence-electron chi connectivity index (χ4n) is 4.83. The van der Waals surface area contributed by atoms with Crippen molar-refractivity contribution >= 4 is 11.9 Å². The minimum Gasteiger partial charge on any atom is -0.479 e. The number of allylic oxidation sites excluding steroid dienone is 9. The average molecular weight is 519 g/mol. The summed E-state index contributed by atoms with van der Waals surface area (Å²) in [6.45, 7) is 13.6. The fourth-order valence-corrected chi connectivity index (χ4v) is 4.83. The second-order valence-electron chi connectivity index (χ2n) is 11.4. The lowest BCUT2D eigenvalue weighted by Crippen LogP contribution is -2.77. The number of carboxylic acid groups (broad SMARTS) is 1. The molecule has 0 radical (unpaired) electrons. The van der Waals surface area contributed by atoms with Gasteiger partial charge in [0.15, 0.2) is 11.2 Å². The first-order chi connectivity index (χ1) is 16.9. The number of rotatable bonds is 7. The molecular weight excluding hydrogens is 476 g/mol. The van der Waals surface area contributed by atoms with E-state index < -0.39 is 41.1 Å². The number of aliphatic carboxylic acids is 1. The van der Waals surface area contributed by atoms with Gasteiger partial charge in [-0.3, -0.25) is 0 Å². The van der Waals surface area contributed by atoms with Crippen LogP contribution in [0.1, 0.15) is 74.7 Å². The SMILES string of the molecule is CC(C=CC1=C(C)CCCC1(C)C)=CC=CC(C)=CC(=O)OC1OC(C)(C(=O)O)C(C)(O)C(O)C1(C)O. The summed E-state index contributed by atoms with van der Waals surface area (Å²) < 4.78 is 10.5. The van der Waals surface area contributed by atoms with Crippen LogP contribution in [0.3, 0.4) is 0 Å². The van der Waals surface area contributed by atoms with Gasteiger partial charge in [0.1, 0.15) is 11.7 Å². The molecule has 0 spiro atoms. The Labute approximate surface area is 219 Å². The van der Waals surface area contributed by atoms with Crippen LogP contribution in [0.4, 0.5) is 0 Å². The largest absolute Gasteiger partial charge is 0.479 e. The number of esters is 1. The summed E-state index contributed by atoms with van der Waals surface area (Å²) in [7, 11) is 0. The van der Waals surface area contributed by atoms with E-state index in [1.165, 1.54) is 24.0 Å². The van der Waals surface area contributed by atoms with Gasteiger partial charge in [-0.1, -0.05) is 55.4 Å². The minimum absolute atomic E-state index is 0.162. The van der Waals surface area contributed by atoms with Gasteiger partial charge < -0.3 is 29.9 Å². The maximum Gasteiger partial charge on any atom is 0.338 e. The van der Waals surface area contributed by atoms with Gasteiger partial charge in [0, 0.05) is 6.08 Å². The molecule has 5 atom stereocenters.